The number of benzene rings is 2. The summed E-state index contributed by atoms with van der Waals surface area (Å²) in [6, 6.07) is 17.8. The lowest BCUT2D eigenvalue weighted by Gasteiger charge is -2.23. The molecular formula is C18H14N4O3. The van der Waals surface area contributed by atoms with Crippen LogP contribution in [0.3, 0.4) is 0 Å². The molecule has 0 saturated carbocycles. The van der Waals surface area contributed by atoms with Crippen LogP contribution in [-0.2, 0) is 0 Å². The van der Waals surface area contributed by atoms with Crippen LogP contribution in [0.4, 0.5) is 27.5 Å². The zero-order chi connectivity index (χ0) is 17.6. The molecule has 0 atom stereocenters. The second kappa shape index (κ2) is 7.22. The van der Waals surface area contributed by atoms with Gasteiger partial charge in [0.05, 0.1) is 28.2 Å². The zero-order valence-electron chi connectivity index (χ0n) is 13.1. The Morgan fingerprint density at radius 3 is 2.44 bits per heavy atom. The maximum Gasteiger partial charge on any atom is 0.330 e. The first-order valence-electron chi connectivity index (χ1n) is 7.46. The van der Waals surface area contributed by atoms with Gasteiger partial charge in [-0.2, -0.15) is 0 Å². The number of anilines is 3. The van der Waals surface area contributed by atoms with Gasteiger partial charge in [-0.25, -0.2) is 4.79 Å². The third-order valence-electron chi connectivity index (χ3n) is 3.43. The van der Waals surface area contributed by atoms with Gasteiger partial charge in [0, 0.05) is 18.3 Å². The quantitative estimate of drug-likeness (QED) is 0.567. The van der Waals surface area contributed by atoms with E-state index in [1.807, 2.05) is 6.07 Å². The van der Waals surface area contributed by atoms with Crippen molar-refractivity contribution in [3.63, 3.8) is 0 Å². The average molecular weight is 334 g/mol. The van der Waals surface area contributed by atoms with Crippen LogP contribution < -0.4 is 10.2 Å². The first-order valence-corrected chi connectivity index (χ1v) is 7.46. The molecule has 3 rings (SSSR count). The van der Waals surface area contributed by atoms with E-state index >= 15 is 0 Å². The molecule has 1 N–H and O–H groups in total. The van der Waals surface area contributed by atoms with Gasteiger partial charge in [-0.05, 0) is 30.3 Å². The van der Waals surface area contributed by atoms with Gasteiger partial charge < -0.3 is 5.32 Å². The number of nitrogens with one attached hydrogen (secondary N) is 1. The highest BCUT2D eigenvalue weighted by Gasteiger charge is 2.20. The Bertz CT molecular complexity index is 885. The predicted molar refractivity (Wildman–Crippen MR) is 94.9 cm³/mol. The Morgan fingerprint density at radius 1 is 1.00 bits per heavy atom. The molecule has 7 nitrogen and oxygen atoms in total. The molecule has 7 heteroatoms. The lowest BCUT2D eigenvalue weighted by molar-refractivity contribution is -0.384. The number of nitrogens with zero attached hydrogens (tertiary/aromatic N) is 3. The van der Waals surface area contributed by atoms with E-state index < -0.39 is 11.0 Å². The standard InChI is InChI=1S/C18H14N4O3/c23-18(20-14-6-5-11-19-13-14)21(15-7-2-1-3-8-15)16-9-4-10-17(12-16)22(24)25/h1-13H,(H,20,23). The van der Waals surface area contributed by atoms with Crippen LogP contribution in [0, 0.1) is 10.1 Å². The van der Waals surface area contributed by atoms with Crippen molar-refractivity contribution >= 4 is 28.8 Å². The number of urea groups is 1. The van der Waals surface area contributed by atoms with E-state index in [-0.39, 0.29) is 5.69 Å². The number of hydrogen-bond acceptors (Lipinski definition) is 4. The van der Waals surface area contributed by atoms with Gasteiger partial charge in [0.25, 0.3) is 5.69 Å². The third-order valence-corrected chi connectivity index (χ3v) is 3.43. The van der Waals surface area contributed by atoms with Crippen LogP contribution in [0.2, 0.25) is 0 Å². The molecule has 1 aromatic heterocycles. The highest BCUT2D eigenvalue weighted by molar-refractivity contribution is 6.07. The number of amides is 2. The molecule has 0 unspecified atom stereocenters. The number of carbonyl (C=O) groups excluding carboxylic acids is 1. The SMILES string of the molecule is O=C(Nc1cccnc1)N(c1ccccc1)c1cccc([N+](=O)[O-])c1. The lowest BCUT2D eigenvalue weighted by Crippen LogP contribution is -2.30. The average Bonchev–Trinajstić information content (AvgIpc) is 2.64. The Morgan fingerprint density at radius 2 is 1.76 bits per heavy atom. The first kappa shape index (κ1) is 16.1. The zero-order valence-corrected chi connectivity index (χ0v) is 13.1. The monoisotopic (exact) mass is 334 g/mol. The molecule has 0 radical (unpaired) electrons. The summed E-state index contributed by atoms with van der Waals surface area (Å²) >= 11 is 0. The fourth-order valence-electron chi connectivity index (χ4n) is 2.32. The van der Waals surface area contributed by atoms with Gasteiger partial charge in [-0.3, -0.25) is 20.0 Å². The van der Waals surface area contributed by atoms with Crippen LogP contribution in [0.25, 0.3) is 0 Å². The predicted octanol–water partition coefficient (Wildman–Crippen LogP) is 4.36. The number of nitro benzene ring substituents is 1. The first-order chi connectivity index (χ1) is 12.1. The molecule has 2 amide bonds. The van der Waals surface area contributed by atoms with E-state index in [1.165, 1.54) is 23.2 Å². The number of carbonyl (C=O) groups is 1. The Hall–Kier alpha value is -3.74. The Balaban J connectivity index is 2.00. The highest BCUT2D eigenvalue weighted by Crippen LogP contribution is 2.29. The Labute approximate surface area is 143 Å². The van der Waals surface area contributed by atoms with Gasteiger partial charge in [-0.15, -0.1) is 0 Å². The Kier molecular flexibility index (Phi) is 4.66. The van der Waals surface area contributed by atoms with Crippen LogP contribution in [0.15, 0.2) is 79.1 Å². The number of rotatable bonds is 4. The van der Waals surface area contributed by atoms with Gasteiger partial charge >= 0.3 is 6.03 Å². The molecule has 0 fully saturated rings. The summed E-state index contributed by atoms with van der Waals surface area (Å²) in [7, 11) is 0. The van der Waals surface area contributed by atoms with Gasteiger partial charge in [-0.1, -0.05) is 24.3 Å². The summed E-state index contributed by atoms with van der Waals surface area (Å²) in [5, 5.41) is 13.8. The number of aromatic nitrogens is 1. The van der Waals surface area contributed by atoms with Crippen molar-refractivity contribution in [2.45, 2.75) is 0 Å². The topological polar surface area (TPSA) is 88.4 Å². The van der Waals surface area contributed by atoms with Crippen molar-refractivity contribution in [2.24, 2.45) is 0 Å². The van der Waals surface area contributed by atoms with E-state index in [1.54, 1.807) is 54.7 Å². The normalized spacial score (nSPS) is 10.1. The largest absolute Gasteiger partial charge is 0.330 e. The van der Waals surface area contributed by atoms with E-state index in [4.69, 9.17) is 0 Å². The van der Waals surface area contributed by atoms with Crippen LogP contribution in [0.1, 0.15) is 0 Å². The molecule has 0 aliphatic heterocycles. The van der Waals surface area contributed by atoms with Crippen LogP contribution in [0.5, 0.6) is 0 Å². The minimum absolute atomic E-state index is 0.0902. The van der Waals surface area contributed by atoms with E-state index in [9.17, 15) is 14.9 Å². The van der Waals surface area contributed by atoms with Gasteiger partial charge in [0.2, 0.25) is 0 Å². The van der Waals surface area contributed by atoms with Crippen molar-refractivity contribution in [1.29, 1.82) is 0 Å². The molecule has 0 bridgehead atoms. The molecule has 0 aliphatic carbocycles. The number of hydrogen-bond donors (Lipinski definition) is 1. The highest BCUT2D eigenvalue weighted by atomic mass is 16.6. The van der Waals surface area contributed by atoms with Crippen molar-refractivity contribution < 1.29 is 9.72 Å². The fraction of sp³-hybridized carbons (Fsp3) is 0. The molecular weight excluding hydrogens is 320 g/mol. The van der Waals surface area contributed by atoms with Crippen LogP contribution in [-0.4, -0.2) is 15.9 Å². The van der Waals surface area contributed by atoms with Crippen molar-refractivity contribution in [3.05, 3.63) is 89.2 Å². The maximum absolute atomic E-state index is 12.8. The molecule has 25 heavy (non-hydrogen) atoms. The van der Waals surface area contributed by atoms with Crippen molar-refractivity contribution in [2.75, 3.05) is 10.2 Å². The van der Waals surface area contributed by atoms with Crippen molar-refractivity contribution in [1.82, 2.24) is 4.98 Å². The summed E-state index contributed by atoms with van der Waals surface area (Å²) in [5.41, 5.74) is 1.41. The van der Waals surface area contributed by atoms with E-state index in [0.29, 0.717) is 17.1 Å². The number of nitro groups is 1. The maximum atomic E-state index is 12.8. The molecule has 0 saturated heterocycles. The summed E-state index contributed by atoms with van der Waals surface area (Å²) in [6.45, 7) is 0. The van der Waals surface area contributed by atoms with Gasteiger partial charge in [0.1, 0.15) is 0 Å². The second-order valence-electron chi connectivity index (χ2n) is 5.12. The smallest absolute Gasteiger partial charge is 0.306 e. The van der Waals surface area contributed by atoms with Crippen molar-refractivity contribution in [3.8, 4) is 0 Å². The molecule has 2 aromatic carbocycles. The minimum atomic E-state index is -0.494. The summed E-state index contributed by atoms with van der Waals surface area (Å²) in [4.78, 5) is 28.7. The molecule has 3 aromatic rings. The number of non-ortho nitro benzene ring substituents is 1. The molecule has 1 heterocycles. The molecule has 0 aliphatic rings. The van der Waals surface area contributed by atoms with E-state index in [2.05, 4.69) is 10.3 Å². The summed E-state index contributed by atoms with van der Waals surface area (Å²) < 4.78 is 0. The molecule has 0 spiro atoms. The van der Waals surface area contributed by atoms with Crippen LogP contribution >= 0.6 is 0 Å². The lowest BCUT2D eigenvalue weighted by atomic mass is 10.2. The van der Waals surface area contributed by atoms with Gasteiger partial charge in [0.15, 0.2) is 0 Å². The third kappa shape index (κ3) is 3.78. The summed E-state index contributed by atoms with van der Waals surface area (Å²) in [6.07, 6.45) is 3.12. The second-order valence-corrected chi connectivity index (χ2v) is 5.12. The number of para-hydroxylation sites is 1. The fourth-order valence-corrected chi connectivity index (χ4v) is 2.32. The van der Waals surface area contributed by atoms with E-state index in [0.717, 1.165) is 0 Å². The summed E-state index contributed by atoms with van der Waals surface area (Å²) in [5.74, 6) is 0. The minimum Gasteiger partial charge on any atom is -0.306 e. The number of pyridine rings is 1. The molecule has 124 valence electrons.